The zero-order valence-corrected chi connectivity index (χ0v) is 23.0. The average Bonchev–Trinajstić information content (AvgIpc) is 3.75. The van der Waals surface area contributed by atoms with E-state index in [0.717, 1.165) is 68.1 Å². The average molecular weight is 563 g/mol. The molecule has 2 N–H and O–H groups in total. The van der Waals surface area contributed by atoms with Crippen molar-refractivity contribution in [3.63, 3.8) is 0 Å². The van der Waals surface area contributed by atoms with E-state index >= 15 is 0 Å². The number of benzene rings is 1. The molecule has 4 heterocycles. The molecule has 6 rings (SSSR count). The highest BCUT2D eigenvalue weighted by molar-refractivity contribution is 5.83. The van der Waals surface area contributed by atoms with Gasteiger partial charge in [0.2, 0.25) is 17.7 Å². The maximum atomic E-state index is 13.2. The number of amides is 1. The minimum absolute atomic E-state index is 0.0809. The predicted molar refractivity (Wildman–Crippen MR) is 150 cm³/mol. The molecule has 1 saturated carbocycles. The minimum atomic E-state index is -2.96. The lowest BCUT2D eigenvalue weighted by atomic mass is 10.1. The topological polar surface area (TPSA) is 112 Å². The summed E-state index contributed by atoms with van der Waals surface area (Å²) in [6.45, 7) is 5.45. The van der Waals surface area contributed by atoms with Gasteiger partial charge in [0.25, 0.3) is 5.92 Å². The zero-order chi connectivity index (χ0) is 28.6. The van der Waals surface area contributed by atoms with Gasteiger partial charge in [0.15, 0.2) is 6.61 Å². The van der Waals surface area contributed by atoms with E-state index in [1.165, 1.54) is 12.4 Å². The van der Waals surface area contributed by atoms with Crippen LogP contribution in [0.2, 0.25) is 0 Å². The van der Waals surface area contributed by atoms with Crippen LogP contribution in [0.3, 0.4) is 0 Å². The van der Waals surface area contributed by atoms with E-state index in [2.05, 4.69) is 42.1 Å². The molecule has 1 saturated heterocycles. The lowest BCUT2D eigenvalue weighted by molar-refractivity contribution is -0.134. The van der Waals surface area contributed by atoms with Crippen molar-refractivity contribution in [2.24, 2.45) is 5.92 Å². The van der Waals surface area contributed by atoms with Gasteiger partial charge in [-0.2, -0.15) is 0 Å². The third-order valence-corrected chi connectivity index (χ3v) is 7.51. The number of H-pyrrole nitrogens is 1. The van der Waals surface area contributed by atoms with Crippen molar-refractivity contribution in [1.82, 2.24) is 34.7 Å². The lowest BCUT2D eigenvalue weighted by Crippen LogP contribution is -2.49. The summed E-state index contributed by atoms with van der Waals surface area (Å²) >= 11 is 0. The van der Waals surface area contributed by atoms with E-state index in [1.54, 1.807) is 6.20 Å². The molecule has 3 aromatic heterocycles. The van der Waals surface area contributed by atoms with Crippen LogP contribution in [0.1, 0.15) is 38.3 Å². The standard InChI is InChI=1S/C29H32F2N8O2/c1-18(38-9-11-39(12-10-38)27(40)19-3-4-19)20-7-8-32-25(14-20)37-28-35-22-6-5-21(13-24(22)36-28)23-15-26(34-17-33-23)41-16-29(2,30)31/h5-8,13-15,17-19H,3-4,9-12,16H2,1-2H3,(H2,32,35,36,37). The minimum Gasteiger partial charge on any atom is -0.471 e. The van der Waals surface area contributed by atoms with Crippen LogP contribution in [0.4, 0.5) is 20.5 Å². The second-order valence-electron chi connectivity index (χ2n) is 10.8. The van der Waals surface area contributed by atoms with Crippen molar-refractivity contribution in [2.75, 3.05) is 38.1 Å². The maximum absolute atomic E-state index is 13.2. The van der Waals surface area contributed by atoms with Crippen LogP contribution in [0, 0.1) is 5.92 Å². The highest BCUT2D eigenvalue weighted by Crippen LogP contribution is 2.32. The summed E-state index contributed by atoms with van der Waals surface area (Å²) in [5.74, 6) is -1.08. The van der Waals surface area contributed by atoms with Gasteiger partial charge in [-0.25, -0.2) is 28.7 Å². The second kappa shape index (κ2) is 11.0. The van der Waals surface area contributed by atoms with Crippen molar-refractivity contribution >= 4 is 28.7 Å². The molecule has 1 aliphatic heterocycles. The quantitative estimate of drug-likeness (QED) is 0.299. The normalized spacial score (nSPS) is 17.0. The summed E-state index contributed by atoms with van der Waals surface area (Å²) in [4.78, 5) is 37.4. The molecule has 1 amide bonds. The van der Waals surface area contributed by atoms with Crippen molar-refractivity contribution < 1.29 is 18.3 Å². The van der Waals surface area contributed by atoms with E-state index in [-0.39, 0.29) is 17.8 Å². The van der Waals surface area contributed by atoms with Gasteiger partial charge in [-0.05, 0) is 49.6 Å². The molecule has 0 spiro atoms. The number of piperazine rings is 1. The third-order valence-electron chi connectivity index (χ3n) is 7.51. The smallest absolute Gasteiger partial charge is 0.278 e. The second-order valence-corrected chi connectivity index (χ2v) is 10.8. The summed E-state index contributed by atoms with van der Waals surface area (Å²) in [5, 5.41) is 3.27. The Morgan fingerprint density at radius 1 is 1.12 bits per heavy atom. The molecule has 41 heavy (non-hydrogen) atoms. The van der Waals surface area contributed by atoms with Crippen LogP contribution in [0.15, 0.2) is 48.9 Å². The largest absolute Gasteiger partial charge is 0.471 e. The Hall–Kier alpha value is -4.19. The van der Waals surface area contributed by atoms with Crippen molar-refractivity contribution in [1.29, 1.82) is 0 Å². The monoisotopic (exact) mass is 562 g/mol. The number of pyridine rings is 1. The number of nitrogens with one attached hydrogen (secondary N) is 2. The summed E-state index contributed by atoms with van der Waals surface area (Å²) in [5.41, 5.74) is 3.95. The van der Waals surface area contributed by atoms with Crippen LogP contribution in [0.25, 0.3) is 22.3 Å². The van der Waals surface area contributed by atoms with E-state index in [9.17, 15) is 13.6 Å². The number of carbonyl (C=O) groups is 1. The number of aromatic amines is 1. The Morgan fingerprint density at radius 2 is 1.93 bits per heavy atom. The Bertz CT molecular complexity index is 1540. The summed E-state index contributed by atoms with van der Waals surface area (Å²) in [6, 6.07) is 11.3. The molecule has 1 atom stereocenters. The molecule has 0 bridgehead atoms. The predicted octanol–water partition coefficient (Wildman–Crippen LogP) is 4.81. The summed E-state index contributed by atoms with van der Waals surface area (Å²) in [7, 11) is 0. The number of rotatable bonds is 9. The molecule has 2 fully saturated rings. The van der Waals surface area contributed by atoms with Gasteiger partial charge in [-0.15, -0.1) is 0 Å². The van der Waals surface area contributed by atoms with Gasteiger partial charge in [-0.3, -0.25) is 9.69 Å². The maximum Gasteiger partial charge on any atom is 0.278 e. The fourth-order valence-electron chi connectivity index (χ4n) is 5.03. The molecule has 2 aliphatic rings. The Morgan fingerprint density at radius 3 is 2.68 bits per heavy atom. The van der Waals surface area contributed by atoms with Crippen molar-refractivity contribution in [3.8, 4) is 17.1 Å². The molecule has 1 aromatic carbocycles. The van der Waals surface area contributed by atoms with Crippen LogP contribution >= 0.6 is 0 Å². The van der Waals surface area contributed by atoms with Gasteiger partial charge in [0, 0.05) is 62.9 Å². The Balaban J connectivity index is 1.12. The van der Waals surface area contributed by atoms with Gasteiger partial charge in [0.05, 0.1) is 16.7 Å². The van der Waals surface area contributed by atoms with Crippen molar-refractivity contribution in [2.45, 2.75) is 38.7 Å². The first-order chi connectivity index (χ1) is 19.7. The number of hydrogen-bond acceptors (Lipinski definition) is 8. The number of nitrogens with zero attached hydrogens (tertiary/aromatic N) is 6. The van der Waals surface area contributed by atoms with E-state index in [0.29, 0.717) is 23.4 Å². The number of hydrogen-bond donors (Lipinski definition) is 2. The molecular formula is C29H32F2N8O2. The van der Waals surface area contributed by atoms with Crippen LogP contribution in [-0.4, -0.2) is 79.3 Å². The number of aromatic nitrogens is 5. The number of ether oxygens (including phenoxy) is 1. The number of halogens is 2. The fourth-order valence-corrected chi connectivity index (χ4v) is 5.03. The first-order valence-corrected chi connectivity index (χ1v) is 13.8. The van der Waals surface area contributed by atoms with Gasteiger partial charge < -0.3 is 19.9 Å². The molecular weight excluding hydrogens is 530 g/mol. The molecule has 1 unspecified atom stereocenters. The number of imidazole rings is 1. The highest BCUT2D eigenvalue weighted by Gasteiger charge is 2.35. The molecule has 0 radical (unpaired) electrons. The first-order valence-electron chi connectivity index (χ1n) is 13.8. The molecule has 12 heteroatoms. The number of fused-ring (bicyclic) bond motifs is 1. The van der Waals surface area contributed by atoms with E-state index in [4.69, 9.17) is 4.74 Å². The van der Waals surface area contributed by atoms with Gasteiger partial charge in [-0.1, -0.05) is 6.07 Å². The summed E-state index contributed by atoms with van der Waals surface area (Å²) in [6.07, 6.45) is 5.15. The van der Waals surface area contributed by atoms with E-state index in [1.807, 2.05) is 35.2 Å². The highest BCUT2D eigenvalue weighted by atomic mass is 19.3. The fraction of sp³-hybridized carbons (Fsp3) is 0.414. The summed E-state index contributed by atoms with van der Waals surface area (Å²) < 4.78 is 31.5. The number of carbonyl (C=O) groups excluding carboxylic acids is 1. The van der Waals surface area contributed by atoms with E-state index < -0.39 is 12.5 Å². The van der Waals surface area contributed by atoms with Gasteiger partial charge >= 0.3 is 0 Å². The Labute approximate surface area is 236 Å². The van der Waals surface area contributed by atoms with Crippen LogP contribution in [-0.2, 0) is 4.79 Å². The number of alkyl halides is 2. The van der Waals surface area contributed by atoms with Gasteiger partial charge in [0.1, 0.15) is 12.1 Å². The van der Waals surface area contributed by atoms with Crippen LogP contribution < -0.4 is 10.1 Å². The Kier molecular flexibility index (Phi) is 7.24. The first kappa shape index (κ1) is 27.0. The SMILES string of the molecule is CC(c1ccnc(Nc2nc3ccc(-c4cc(OCC(C)(F)F)ncn4)cc3[nH]2)c1)N1CCN(C(=O)C2CC2)CC1. The third kappa shape index (κ3) is 6.43. The zero-order valence-electron chi connectivity index (χ0n) is 23.0. The molecule has 4 aromatic rings. The molecule has 214 valence electrons. The molecule has 1 aliphatic carbocycles. The molecule has 10 nitrogen and oxygen atoms in total. The number of anilines is 2. The van der Waals surface area contributed by atoms with Crippen molar-refractivity contribution in [3.05, 3.63) is 54.5 Å². The van der Waals surface area contributed by atoms with Crippen LogP contribution in [0.5, 0.6) is 5.88 Å². The lowest BCUT2D eigenvalue weighted by Gasteiger charge is -2.38.